The van der Waals surface area contributed by atoms with E-state index < -0.39 is 22.1 Å². The molecule has 0 unspecified atom stereocenters. The highest BCUT2D eigenvalue weighted by Crippen LogP contribution is 2.32. The molecule has 0 saturated carbocycles. The van der Waals surface area contributed by atoms with Gasteiger partial charge in [0, 0.05) is 0 Å². The molecule has 1 fully saturated rings. The maximum Gasteiger partial charge on any atom is 0.333 e. The van der Waals surface area contributed by atoms with Gasteiger partial charge in [-0.15, -0.1) is 0 Å². The van der Waals surface area contributed by atoms with E-state index in [4.69, 9.17) is 11.6 Å². The molecule has 0 aromatic heterocycles. The zero-order valence-corrected chi connectivity index (χ0v) is 11.8. The Morgan fingerprint density at radius 1 is 1.35 bits per heavy atom. The summed E-state index contributed by atoms with van der Waals surface area (Å²) in [7, 11) is -3.71. The summed E-state index contributed by atoms with van der Waals surface area (Å²) < 4.78 is 26.7. The quantitative estimate of drug-likeness (QED) is 0.514. The summed E-state index contributed by atoms with van der Waals surface area (Å²) in [6, 6.07) is 3.30. The third-order valence-corrected chi connectivity index (χ3v) is 3.15. The van der Waals surface area contributed by atoms with E-state index >= 15 is 0 Å². The van der Waals surface area contributed by atoms with E-state index in [-0.39, 0.29) is 22.2 Å². The van der Waals surface area contributed by atoms with E-state index in [0.717, 1.165) is 11.2 Å². The van der Waals surface area contributed by atoms with Crippen molar-refractivity contribution >= 4 is 39.3 Å². The molecule has 1 N–H and O–H groups in total. The lowest BCUT2D eigenvalue weighted by Crippen LogP contribution is -2.27. The lowest BCUT2D eigenvalue weighted by molar-refractivity contribution is -0.115. The maximum absolute atomic E-state index is 11.6. The number of carbonyl (C=O) groups is 2. The zero-order valence-electron chi connectivity index (χ0n) is 10.2. The van der Waals surface area contributed by atoms with Gasteiger partial charge in [-0.1, -0.05) is 18.2 Å². The second-order valence-electron chi connectivity index (χ2n) is 3.94. The minimum Gasteiger partial charge on any atom is -0.381 e. The number of hydrogen-bond donors (Lipinski definition) is 1. The summed E-state index contributed by atoms with van der Waals surface area (Å²) in [5.41, 5.74) is 0.215. The van der Waals surface area contributed by atoms with Gasteiger partial charge in [-0.05, 0) is 18.2 Å². The standard InChI is InChI=1S/C11H9ClN2O5S/c1-6-10(15)13-11(16)14(6)7-3-4-9(8(12)5-7)19-20(2,17)18/h3-5H,1H2,2H3,(H,13,15,16). The Morgan fingerprint density at radius 2 is 2.00 bits per heavy atom. The number of rotatable bonds is 3. The molecule has 7 nitrogen and oxygen atoms in total. The Kier molecular flexibility index (Phi) is 3.45. The van der Waals surface area contributed by atoms with Gasteiger partial charge in [0.2, 0.25) is 0 Å². The molecule has 1 heterocycles. The molecule has 1 aliphatic rings. The molecule has 0 radical (unpaired) electrons. The van der Waals surface area contributed by atoms with Crippen LogP contribution in [0, 0.1) is 0 Å². The number of carbonyl (C=O) groups excluding carboxylic acids is 2. The van der Waals surface area contributed by atoms with Gasteiger partial charge in [-0.3, -0.25) is 15.0 Å². The van der Waals surface area contributed by atoms with E-state index in [0.29, 0.717) is 0 Å². The van der Waals surface area contributed by atoms with Crippen molar-refractivity contribution in [2.45, 2.75) is 0 Å². The van der Waals surface area contributed by atoms with Crippen LogP contribution in [0.25, 0.3) is 0 Å². The number of imide groups is 1. The van der Waals surface area contributed by atoms with Crippen LogP contribution in [0.5, 0.6) is 5.75 Å². The topological polar surface area (TPSA) is 92.8 Å². The van der Waals surface area contributed by atoms with Crippen LogP contribution in [-0.2, 0) is 14.9 Å². The Balaban J connectivity index is 2.37. The fourth-order valence-corrected chi connectivity index (χ4v) is 2.31. The van der Waals surface area contributed by atoms with Gasteiger partial charge in [0.15, 0.2) is 5.75 Å². The SMILES string of the molecule is C=C1C(=O)NC(=O)N1c1ccc(OS(C)(=O)=O)c(Cl)c1. The second kappa shape index (κ2) is 4.80. The number of benzene rings is 1. The van der Waals surface area contributed by atoms with E-state index in [1.54, 1.807) is 0 Å². The monoisotopic (exact) mass is 316 g/mol. The summed E-state index contributed by atoms with van der Waals surface area (Å²) in [5.74, 6) is -0.683. The molecule has 0 bridgehead atoms. The lowest BCUT2D eigenvalue weighted by atomic mass is 10.2. The maximum atomic E-state index is 11.6. The first-order chi connectivity index (χ1) is 9.19. The molecule has 9 heteroatoms. The molecule has 0 spiro atoms. The molecule has 0 aliphatic carbocycles. The van der Waals surface area contributed by atoms with Crippen LogP contribution in [0.3, 0.4) is 0 Å². The minimum absolute atomic E-state index is 0.0205. The summed E-state index contributed by atoms with van der Waals surface area (Å²) in [6.45, 7) is 3.48. The number of amides is 3. The summed E-state index contributed by atoms with van der Waals surface area (Å²) in [6.07, 6.45) is 0.881. The molecule has 2 rings (SSSR count). The third kappa shape index (κ3) is 2.75. The van der Waals surface area contributed by atoms with Crippen molar-refractivity contribution in [2.24, 2.45) is 0 Å². The van der Waals surface area contributed by atoms with Gasteiger partial charge in [-0.2, -0.15) is 8.42 Å². The first-order valence-corrected chi connectivity index (χ1v) is 7.42. The van der Waals surface area contributed by atoms with Crippen LogP contribution < -0.4 is 14.4 Å². The van der Waals surface area contributed by atoms with E-state index in [2.05, 4.69) is 16.1 Å². The molecule has 0 atom stereocenters. The fraction of sp³-hybridized carbons (Fsp3) is 0.0909. The molecule has 1 aliphatic heterocycles. The summed E-state index contributed by atoms with van der Waals surface area (Å²) >= 11 is 5.88. The lowest BCUT2D eigenvalue weighted by Gasteiger charge is -2.15. The van der Waals surface area contributed by atoms with Crippen molar-refractivity contribution in [1.82, 2.24) is 5.32 Å². The molecule has 1 saturated heterocycles. The highest BCUT2D eigenvalue weighted by atomic mass is 35.5. The highest BCUT2D eigenvalue weighted by Gasteiger charge is 2.33. The number of hydrogen-bond acceptors (Lipinski definition) is 5. The van der Waals surface area contributed by atoms with Crippen molar-refractivity contribution in [3.63, 3.8) is 0 Å². The van der Waals surface area contributed by atoms with Crippen LogP contribution in [0.4, 0.5) is 10.5 Å². The zero-order chi connectivity index (χ0) is 15.1. The van der Waals surface area contributed by atoms with Crippen molar-refractivity contribution in [3.8, 4) is 5.75 Å². The molecular weight excluding hydrogens is 308 g/mol. The molecular formula is C11H9ClN2O5S. The Morgan fingerprint density at radius 3 is 2.45 bits per heavy atom. The predicted molar refractivity (Wildman–Crippen MR) is 72.1 cm³/mol. The molecule has 1 aromatic rings. The van der Waals surface area contributed by atoms with E-state index in [1.807, 2.05) is 0 Å². The van der Waals surface area contributed by atoms with Crippen LogP contribution in [-0.4, -0.2) is 26.6 Å². The molecule has 3 amide bonds. The fourth-order valence-electron chi connectivity index (χ4n) is 1.58. The first kappa shape index (κ1) is 14.4. The van der Waals surface area contributed by atoms with Crippen LogP contribution in [0.15, 0.2) is 30.5 Å². The average Bonchev–Trinajstić information content (AvgIpc) is 2.55. The third-order valence-electron chi connectivity index (χ3n) is 2.37. The number of halogens is 1. The van der Waals surface area contributed by atoms with Gasteiger partial charge in [0.1, 0.15) is 5.70 Å². The van der Waals surface area contributed by atoms with Gasteiger partial charge < -0.3 is 4.18 Å². The van der Waals surface area contributed by atoms with Crippen LogP contribution in [0.1, 0.15) is 0 Å². The van der Waals surface area contributed by atoms with Gasteiger partial charge in [-0.25, -0.2) is 4.79 Å². The van der Waals surface area contributed by atoms with E-state index in [9.17, 15) is 18.0 Å². The van der Waals surface area contributed by atoms with Crippen LogP contribution >= 0.6 is 11.6 Å². The minimum atomic E-state index is -3.71. The van der Waals surface area contributed by atoms with E-state index in [1.165, 1.54) is 18.2 Å². The Labute approximate surface area is 119 Å². The van der Waals surface area contributed by atoms with Crippen molar-refractivity contribution in [3.05, 3.63) is 35.5 Å². The van der Waals surface area contributed by atoms with Crippen molar-refractivity contribution in [2.75, 3.05) is 11.2 Å². The largest absolute Gasteiger partial charge is 0.381 e. The molecule has 106 valence electrons. The number of nitrogens with one attached hydrogen (secondary N) is 1. The number of urea groups is 1. The molecule has 20 heavy (non-hydrogen) atoms. The highest BCUT2D eigenvalue weighted by molar-refractivity contribution is 7.86. The summed E-state index contributed by atoms with van der Waals surface area (Å²) in [4.78, 5) is 23.9. The smallest absolute Gasteiger partial charge is 0.333 e. The van der Waals surface area contributed by atoms with Crippen molar-refractivity contribution in [1.29, 1.82) is 0 Å². The Hall–Kier alpha value is -2.06. The second-order valence-corrected chi connectivity index (χ2v) is 5.93. The first-order valence-electron chi connectivity index (χ1n) is 5.22. The Bertz CT molecular complexity index is 728. The van der Waals surface area contributed by atoms with Gasteiger partial charge in [0.25, 0.3) is 5.91 Å². The van der Waals surface area contributed by atoms with Crippen LogP contribution in [0.2, 0.25) is 5.02 Å². The molecule has 1 aromatic carbocycles. The normalized spacial score (nSPS) is 15.5. The average molecular weight is 317 g/mol. The number of anilines is 1. The van der Waals surface area contributed by atoms with Gasteiger partial charge in [0.05, 0.1) is 17.0 Å². The van der Waals surface area contributed by atoms with Crippen molar-refractivity contribution < 1.29 is 22.2 Å². The predicted octanol–water partition coefficient (Wildman–Crippen LogP) is 1.25. The summed E-state index contributed by atoms with van der Waals surface area (Å²) in [5, 5.41) is 2.05. The van der Waals surface area contributed by atoms with Gasteiger partial charge >= 0.3 is 16.1 Å². The number of nitrogens with zero attached hydrogens (tertiary/aromatic N) is 1.